The fraction of sp³-hybridized carbons (Fsp3) is 0.368. The van der Waals surface area contributed by atoms with Crippen LogP contribution < -0.4 is 4.74 Å². The van der Waals surface area contributed by atoms with E-state index in [-0.39, 0.29) is 11.3 Å². The minimum atomic E-state index is -0.793. The molecule has 0 aliphatic carbocycles. The van der Waals surface area contributed by atoms with Gasteiger partial charge in [-0.05, 0) is 32.3 Å². The maximum Gasteiger partial charge on any atom is 0.208 e. The van der Waals surface area contributed by atoms with Crippen LogP contribution in [-0.4, -0.2) is 20.4 Å². The third-order valence-electron chi connectivity index (χ3n) is 4.60. The van der Waals surface area contributed by atoms with Crippen molar-refractivity contribution in [2.24, 2.45) is 0 Å². The van der Waals surface area contributed by atoms with E-state index in [1.54, 1.807) is 0 Å². The first kappa shape index (κ1) is 17.8. The van der Waals surface area contributed by atoms with Gasteiger partial charge in [0.1, 0.15) is 5.60 Å². The lowest BCUT2D eigenvalue weighted by molar-refractivity contribution is 0.0524. The molecule has 5 heteroatoms. The summed E-state index contributed by atoms with van der Waals surface area (Å²) in [6.45, 7) is 7.44. The first-order valence-electron chi connectivity index (χ1n) is 8.00. The van der Waals surface area contributed by atoms with Crippen LogP contribution in [0, 0.1) is 13.8 Å². The van der Waals surface area contributed by atoms with Gasteiger partial charge in [0, 0.05) is 5.56 Å². The van der Waals surface area contributed by atoms with E-state index in [2.05, 4.69) is 0 Å². The molecule has 2 aromatic rings. The van der Waals surface area contributed by atoms with E-state index in [9.17, 15) is 20.4 Å². The fourth-order valence-electron chi connectivity index (χ4n) is 2.83. The second-order valence-electron chi connectivity index (χ2n) is 6.02. The summed E-state index contributed by atoms with van der Waals surface area (Å²) in [7, 11) is 0. The molecule has 0 bridgehead atoms. The quantitative estimate of drug-likeness (QED) is 0.486. The van der Waals surface area contributed by atoms with Crippen molar-refractivity contribution in [2.75, 3.05) is 0 Å². The number of aryl methyl sites for hydroxylation is 1. The molecule has 0 saturated carbocycles. The molecule has 0 saturated heterocycles. The predicted molar refractivity (Wildman–Crippen MR) is 91.9 cm³/mol. The number of hydrogen-bond donors (Lipinski definition) is 4. The Kier molecular flexibility index (Phi) is 4.83. The molecule has 4 N–H and O–H groups in total. The Morgan fingerprint density at radius 2 is 1.29 bits per heavy atom. The Morgan fingerprint density at radius 1 is 0.792 bits per heavy atom. The van der Waals surface area contributed by atoms with Crippen molar-refractivity contribution in [1.29, 1.82) is 0 Å². The third kappa shape index (κ3) is 2.82. The van der Waals surface area contributed by atoms with E-state index in [0.29, 0.717) is 12.8 Å². The van der Waals surface area contributed by atoms with Crippen LogP contribution in [0.25, 0.3) is 0 Å². The molecule has 0 atom stereocenters. The van der Waals surface area contributed by atoms with Crippen molar-refractivity contribution in [3.05, 3.63) is 41.0 Å². The van der Waals surface area contributed by atoms with Gasteiger partial charge in [-0.1, -0.05) is 43.7 Å². The van der Waals surface area contributed by atoms with Crippen LogP contribution in [0.4, 0.5) is 0 Å². The van der Waals surface area contributed by atoms with Crippen LogP contribution in [0.5, 0.6) is 28.7 Å². The third-order valence-corrected chi connectivity index (χ3v) is 4.60. The molecule has 2 rings (SSSR count). The number of aromatic hydroxyl groups is 4. The first-order chi connectivity index (χ1) is 11.3. The molecule has 0 aromatic heterocycles. The lowest BCUT2D eigenvalue weighted by Crippen LogP contribution is -2.32. The lowest BCUT2D eigenvalue weighted by atomic mass is 9.87. The maximum atomic E-state index is 10.2. The zero-order chi connectivity index (χ0) is 18.1. The highest BCUT2D eigenvalue weighted by molar-refractivity contribution is 5.67. The van der Waals surface area contributed by atoms with Crippen molar-refractivity contribution in [3.8, 4) is 28.7 Å². The molecule has 0 aliphatic heterocycles. The monoisotopic (exact) mass is 332 g/mol. The summed E-state index contributed by atoms with van der Waals surface area (Å²) in [5, 5.41) is 39.6. The molecule has 0 spiro atoms. The molecule has 0 aliphatic rings. The van der Waals surface area contributed by atoms with Gasteiger partial charge in [-0.25, -0.2) is 0 Å². The number of hydrogen-bond acceptors (Lipinski definition) is 5. The van der Waals surface area contributed by atoms with Gasteiger partial charge in [-0.3, -0.25) is 0 Å². The van der Waals surface area contributed by atoms with Crippen LogP contribution in [-0.2, 0) is 5.60 Å². The molecular weight excluding hydrogens is 308 g/mol. The van der Waals surface area contributed by atoms with Crippen LogP contribution in [0.1, 0.15) is 43.4 Å². The topological polar surface area (TPSA) is 90.2 Å². The summed E-state index contributed by atoms with van der Waals surface area (Å²) in [4.78, 5) is 0. The highest BCUT2D eigenvalue weighted by Crippen LogP contribution is 2.52. The highest BCUT2D eigenvalue weighted by atomic mass is 16.5. The molecule has 0 unspecified atom stereocenters. The summed E-state index contributed by atoms with van der Waals surface area (Å²) in [6, 6.07) is 7.90. The number of benzene rings is 2. The van der Waals surface area contributed by atoms with E-state index >= 15 is 0 Å². The van der Waals surface area contributed by atoms with E-state index in [0.717, 1.165) is 11.1 Å². The predicted octanol–water partition coefficient (Wildman–Crippen LogP) is 4.22. The Morgan fingerprint density at radius 3 is 1.79 bits per heavy atom. The summed E-state index contributed by atoms with van der Waals surface area (Å²) in [5.74, 6) is -2.68. The van der Waals surface area contributed by atoms with Gasteiger partial charge in [-0.15, -0.1) is 0 Å². The number of rotatable bonds is 5. The lowest BCUT2D eigenvalue weighted by Gasteiger charge is -2.34. The minimum absolute atomic E-state index is 0.0351. The van der Waals surface area contributed by atoms with Gasteiger partial charge in [0.25, 0.3) is 0 Å². The van der Waals surface area contributed by atoms with Gasteiger partial charge in [0.15, 0.2) is 11.5 Å². The SMILES string of the molecule is CCC(CC)(Oc1c(C)c(O)c(O)c(O)c1O)c1ccc(C)cc1. The van der Waals surface area contributed by atoms with Gasteiger partial charge >= 0.3 is 0 Å². The zero-order valence-corrected chi connectivity index (χ0v) is 14.4. The summed E-state index contributed by atoms with van der Waals surface area (Å²) in [6.07, 6.45) is 1.24. The molecule has 24 heavy (non-hydrogen) atoms. The van der Waals surface area contributed by atoms with Crippen LogP contribution >= 0.6 is 0 Å². The van der Waals surface area contributed by atoms with Gasteiger partial charge < -0.3 is 25.2 Å². The molecule has 0 heterocycles. The smallest absolute Gasteiger partial charge is 0.208 e. The zero-order valence-electron chi connectivity index (χ0n) is 14.4. The molecule has 0 amide bonds. The van der Waals surface area contributed by atoms with Crippen molar-refractivity contribution in [1.82, 2.24) is 0 Å². The van der Waals surface area contributed by atoms with Gasteiger partial charge in [-0.2, -0.15) is 0 Å². The molecular formula is C19H24O5. The largest absolute Gasteiger partial charge is 0.504 e. The Bertz CT molecular complexity index is 701. The molecule has 5 nitrogen and oxygen atoms in total. The van der Waals surface area contributed by atoms with Crippen molar-refractivity contribution < 1.29 is 25.2 Å². The standard InChI is InChI=1S/C19H24O5/c1-5-19(6-2,13-9-7-11(3)8-10-13)24-18-12(4)14(20)15(21)16(22)17(18)23/h7-10,20-23H,5-6H2,1-4H3. The van der Waals surface area contributed by atoms with E-state index in [1.165, 1.54) is 6.92 Å². The Balaban J connectivity index is 2.59. The number of ether oxygens (including phenoxy) is 1. The van der Waals surface area contributed by atoms with E-state index < -0.39 is 28.6 Å². The average molecular weight is 332 g/mol. The highest BCUT2D eigenvalue weighted by Gasteiger charge is 2.34. The summed E-state index contributed by atoms with van der Waals surface area (Å²) < 4.78 is 6.12. The Hall–Kier alpha value is -2.56. The number of phenols is 4. The molecule has 0 radical (unpaired) electrons. The van der Waals surface area contributed by atoms with E-state index in [1.807, 2.05) is 45.0 Å². The van der Waals surface area contributed by atoms with Crippen molar-refractivity contribution in [2.45, 2.75) is 46.1 Å². The maximum absolute atomic E-state index is 10.2. The van der Waals surface area contributed by atoms with Gasteiger partial charge in [0.05, 0.1) is 0 Å². The number of phenolic OH excluding ortho intramolecular Hbond substituents is 4. The van der Waals surface area contributed by atoms with Crippen molar-refractivity contribution in [3.63, 3.8) is 0 Å². The second kappa shape index (κ2) is 6.51. The van der Waals surface area contributed by atoms with Crippen LogP contribution in [0.15, 0.2) is 24.3 Å². The summed E-state index contributed by atoms with van der Waals surface area (Å²) >= 11 is 0. The molecule has 130 valence electrons. The van der Waals surface area contributed by atoms with Crippen LogP contribution in [0.2, 0.25) is 0 Å². The van der Waals surface area contributed by atoms with E-state index in [4.69, 9.17) is 4.74 Å². The Labute approximate surface area is 141 Å². The van der Waals surface area contributed by atoms with Crippen molar-refractivity contribution >= 4 is 0 Å². The van der Waals surface area contributed by atoms with Crippen LogP contribution in [0.3, 0.4) is 0 Å². The molecule has 0 fully saturated rings. The average Bonchev–Trinajstić information content (AvgIpc) is 2.60. The minimum Gasteiger partial charge on any atom is -0.504 e. The second-order valence-corrected chi connectivity index (χ2v) is 6.02. The summed E-state index contributed by atoms with van der Waals surface area (Å²) in [5.41, 5.74) is 1.50. The molecule has 2 aromatic carbocycles. The fourth-order valence-corrected chi connectivity index (χ4v) is 2.83. The first-order valence-corrected chi connectivity index (χ1v) is 8.00. The van der Waals surface area contributed by atoms with Gasteiger partial charge in [0.2, 0.25) is 17.2 Å². The normalized spacial score (nSPS) is 11.5.